The fourth-order valence-corrected chi connectivity index (χ4v) is 4.60. The molecule has 1 spiro atoms. The molecule has 6 heteroatoms. The lowest BCUT2D eigenvalue weighted by molar-refractivity contribution is -0.0111. The first-order valence-electron chi connectivity index (χ1n) is 10.7. The van der Waals surface area contributed by atoms with Crippen LogP contribution in [0.1, 0.15) is 24.8 Å². The van der Waals surface area contributed by atoms with Crippen molar-refractivity contribution >= 4 is 6.09 Å². The van der Waals surface area contributed by atoms with Crippen LogP contribution in [0.15, 0.2) is 30.3 Å². The van der Waals surface area contributed by atoms with Crippen LogP contribution in [0.2, 0.25) is 0 Å². The number of carbonyl (C=O) groups is 1. The molecule has 0 saturated carbocycles. The molecule has 1 amide bonds. The van der Waals surface area contributed by atoms with Gasteiger partial charge in [0.25, 0.3) is 0 Å². The van der Waals surface area contributed by atoms with E-state index in [9.17, 15) is 4.79 Å². The molecule has 0 unspecified atom stereocenters. The molecule has 1 atom stereocenters. The van der Waals surface area contributed by atoms with E-state index >= 15 is 0 Å². The van der Waals surface area contributed by atoms with Gasteiger partial charge in [-0.3, -0.25) is 4.90 Å². The van der Waals surface area contributed by atoms with Crippen molar-refractivity contribution in [3.8, 4) is 0 Å². The number of likely N-dealkylation sites (N-methyl/N-ethyl adjacent to an activating group) is 1. The highest BCUT2D eigenvalue weighted by atomic mass is 16.6. The standard InChI is InChI=1S/C22H33N3O3/c1-23(11-7-19-5-3-2-4-6-19)14-15-25-18-22(28-21(25)26)9-12-24(13-10-22)20-8-16-27-17-20/h2-6,20H,7-18H2,1H3/t20-/m0/s1. The monoisotopic (exact) mass is 387 g/mol. The zero-order valence-corrected chi connectivity index (χ0v) is 17.0. The zero-order valence-electron chi connectivity index (χ0n) is 17.0. The van der Waals surface area contributed by atoms with E-state index in [1.54, 1.807) is 0 Å². The summed E-state index contributed by atoms with van der Waals surface area (Å²) in [6, 6.07) is 11.1. The van der Waals surface area contributed by atoms with Crippen LogP contribution in [0, 0.1) is 0 Å². The van der Waals surface area contributed by atoms with Crippen molar-refractivity contribution < 1.29 is 14.3 Å². The minimum atomic E-state index is -0.268. The van der Waals surface area contributed by atoms with Gasteiger partial charge < -0.3 is 19.3 Å². The molecular weight excluding hydrogens is 354 g/mol. The number of hydrogen-bond acceptors (Lipinski definition) is 5. The highest BCUT2D eigenvalue weighted by Crippen LogP contribution is 2.34. The summed E-state index contributed by atoms with van der Waals surface area (Å²) < 4.78 is 11.4. The van der Waals surface area contributed by atoms with Gasteiger partial charge in [0.15, 0.2) is 0 Å². The Morgan fingerprint density at radius 2 is 1.96 bits per heavy atom. The first-order chi connectivity index (χ1) is 13.6. The van der Waals surface area contributed by atoms with Gasteiger partial charge in [-0.05, 0) is 25.5 Å². The largest absolute Gasteiger partial charge is 0.441 e. The van der Waals surface area contributed by atoms with Gasteiger partial charge >= 0.3 is 6.09 Å². The molecule has 3 saturated heterocycles. The van der Waals surface area contributed by atoms with Gasteiger partial charge in [0.05, 0.1) is 13.2 Å². The Kier molecular flexibility index (Phi) is 6.19. The number of ether oxygens (including phenoxy) is 2. The second-order valence-corrected chi connectivity index (χ2v) is 8.56. The number of benzene rings is 1. The van der Waals surface area contributed by atoms with Crippen molar-refractivity contribution in [2.24, 2.45) is 0 Å². The highest BCUT2D eigenvalue weighted by molar-refractivity contribution is 5.70. The van der Waals surface area contributed by atoms with Crippen molar-refractivity contribution in [1.82, 2.24) is 14.7 Å². The number of likely N-dealkylation sites (tertiary alicyclic amines) is 1. The predicted molar refractivity (Wildman–Crippen MR) is 108 cm³/mol. The molecule has 1 aromatic rings. The van der Waals surface area contributed by atoms with E-state index in [-0.39, 0.29) is 11.7 Å². The minimum absolute atomic E-state index is 0.130. The van der Waals surface area contributed by atoms with E-state index in [1.807, 2.05) is 11.0 Å². The smallest absolute Gasteiger partial charge is 0.410 e. The minimum Gasteiger partial charge on any atom is -0.441 e. The quantitative estimate of drug-likeness (QED) is 0.718. The molecule has 4 rings (SSSR count). The molecular formula is C22H33N3O3. The second-order valence-electron chi connectivity index (χ2n) is 8.56. The topological polar surface area (TPSA) is 45.2 Å². The number of carbonyl (C=O) groups excluding carboxylic acids is 1. The number of piperidine rings is 1. The van der Waals surface area contributed by atoms with E-state index in [2.05, 4.69) is 41.1 Å². The van der Waals surface area contributed by atoms with Crippen LogP contribution in [0.25, 0.3) is 0 Å². The van der Waals surface area contributed by atoms with Crippen molar-refractivity contribution in [1.29, 1.82) is 0 Å². The summed E-state index contributed by atoms with van der Waals surface area (Å²) in [6.45, 7) is 7.11. The van der Waals surface area contributed by atoms with Gasteiger partial charge in [-0.2, -0.15) is 0 Å². The van der Waals surface area contributed by atoms with Gasteiger partial charge in [-0.1, -0.05) is 30.3 Å². The van der Waals surface area contributed by atoms with Gasteiger partial charge in [-0.15, -0.1) is 0 Å². The molecule has 3 heterocycles. The average Bonchev–Trinajstić information content (AvgIpc) is 3.35. The Bertz CT molecular complexity index is 640. The molecule has 3 fully saturated rings. The maximum Gasteiger partial charge on any atom is 0.410 e. The summed E-state index contributed by atoms with van der Waals surface area (Å²) in [6.07, 6.45) is 3.92. The van der Waals surface area contributed by atoms with Crippen LogP contribution in [0.4, 0.5) is 4.79 Å². The molecule has 6 nitrogen and oxygen atoms in total. The van der Waals surface area contributed by atoms with Crippen LogP contribution in [-0.4, -0.2) is 92.0 Å². The fraction of sp³-hybridized carbons (Fsp3) is 0.682. The molecule has 28 heavy (non-hydrogen) atoms. The third-order valence-electron chi connectivity index (χ3n) is 6.55. The summed E-state index contributed by atoms with van der Waals surface area (Å²) in [5, 5.41) is 0. The van der Waals surface area contributed by atoms with Crippen LogP contribution in [0.5, 0.6) is 0 Å². The Morgan fingerprint density at radius 1 is 1.18 bits per heavy atom. The zero-order chi connectivity index (χ0) is 19.4. The Labute approximate surface area is 168 Å². The van der Waals surface area contributed by atoms with Gasteiger partial charge in [0, 0.05) is 58.2 Å². The first-order valence-corrected chi connectivity index (χ1v) is 10.7. The van der Waals surface area contributed by atoms with Gasteiger partial charge in [0.1, 0.15) is 5.60 Å². The molecule has 3 aliphatic rings. The molecule has 0 aromatic heterocycles. The average molecular weight is 388 g/mol. The maximum absolute atomic E-state index is 12.4. The summed E-state index contributed by atoms with van der Waals surface area (Å²) in [5.41, 5.74) is 1.09. The van der Waals surface area contributed by atoms with Crippen LogP contribution in [0.3, 0.4) is 0 Å². The Morgan fingerprint density at radius 3 is 2.68 bits per heavy atom. The second kappa shape index (κ2) is 8.80. The fourth-order valence-electron chi connectivity index (χ4n) is 4.60. The molecule has 1 aromatic carbocycles. The van der Waals surface area contributed by atoms with Crippen molar-refractivity contribution in [3.63, 3.8) is 0 Å². The molecule has 3 aliphatic heterocycles. The number of hydrogen-bond donors (Lipinski definition) is 0. The number of amides is 1. The van der Waals surface area contributed by atoms with Crippen molar-refractivity contribution in [2.45, 2.75) is 37.3 Å². The normalized spacial score (nSPS) is 25.0. The third kappa shape index (κ3) is 4.67. The molecule has 0 bridgehead atoms. The molecule has 0 N–H and O–H groups in total. The lowest BCUT2D eigenvalue weighted by Gasteiger charge is -2.39. The van der Waals surface area contributed by atoms with Gasteiger partial charge in [0.2, 0.25) is 0 Å². The van der Waals surface area contributed by atoms with Crippen LogP contribution < -0.4 is 0 Å². The molecule has 0 radical (unpaired) electrons. The lowest BCUT2D eigenvalue weighted by atomic mass is 9.90. The predicted octanol–water partition coefficient (Wildman–Crippen LogP) is 2.24. The molecule has 154 valence electrons. The number of nitrogens with zero attached hydrogens (tertiary/aromatic N) is 3. The summed E-state index contributed by atoms with van der Waals surface area (Å²) >= 11 is 0. The SMILES string of the molecule is CN(CCc1ccccc1)CCN1CC2(CCN([C@H]3CCOC3)CC2)OC1=O. The summed E-state index contributed by atoms with van der Waals surface area (Å²) in [5.74, 6) is 0. The Hall–Kier alpha value is -1.63. The van der Waals surface area contributed by atoms with E-state index in [4.69, 9.17) is 9.47 Å². The maximum atomic E-state index is 12.4. The Balaban J connectivity index is 1.20. The van der Waals surface area contributed by atoms with Gasteiger partial charge in [-0.25, -0.2) is 4.79 Å². The first kappa shape index (κ1) is 19.7. The van der Waals surface area contributed by atoms with E-state index in [0.717, 1.165) is 78.2 Å². The van der Waals surface area contributed by atoms with E-state index in [1.165, 1.54) is 5.56 Å². The lowest BCUT2D eigenvalue weighted by Crippen LogP contribution is -2.50. The summed E-state index contributed by atoms with van der Waals surface area (Å²) in [7, 11) is 2.13. The molecule has 0 aliphatic carbocycles. The van der Waals surface area contributed by atoms with E-state index < -0.39 is 0 Å². The highest BCUT2D eigenvalue weighted by Gasteiger charge is 2.47. The summed E-state index contributed by atoms with van der Waals surface area (Å²) in [4.78, 5) is 19.2. The third-order valence-corrected chi connectivity index (χ3v) is 6.55. The van der Waals surface area contributed by atoms with E-state index in [0.29, 0.717) is 6.04 Å². The van der Waals surface area contributed by atoms with Crippen molar-refractivity contribution in [2.75, 3.05) is 59.5 Å². The van der Waals surface area contributed by atoms with Crippen molar-refractivity contribution in [3.05, 3.63) is 35.9 Å². The number of rotatable bonds is 7. The van der Waals surface area contributed by atoms with Crippen LogP contribution >= 0.6 is 0 Å². The van der Waals surface area contributed by atoms with Crippen LogP contribution in [-0.2, 0) is 15.9 Å².